The second-order valence-corrected chi connectivity index (χ2v) is 7.03. The van der Waals surface area contributed by atoms with E-state index in [1.807, 2.05) is 30.3 Å². The van der Waals surface area contributed by atoms with Gasteiger partial charge in [0.2, 0.25) is 11.8 Å². The molecule has 1 aliphatic heterocycles. The highest BCUT2D eigenvalue weighted by molar-refractivity contribution is 5.93. The number of nitrogens with one attached hydrogen (secondary N) is 1. The average Bonchev–Trinajstić information content (AvgIpc) is 3.24. The predicted octanol–water partition coefficient (Wildman–Crippen LogP) is 3.34. The van der Waals surface area contributed by atoms with Crippen LogP contribution in [0.15, 0.2) is 42.5 Å². The van der Waals surface area contributed by atoms with E-state index in [-0.39, 0.29) is 12.5 Å². The molecule has 154 valence electrons. The number of nitrogens with zero attached hydrogens (tertiary/aromatic N) is 2. The van der Waals surface area contributed by atoms with Crippen molar-refractivity contribution in [3.8, 4) is 0 Å². The SMILES string of the molecule is CN(CC(=O)Nc1ccc(F)c(F)c1F)[C@H](C(=O)N1CCCC1)c1ccccc1. The van der Waals surface area contributed by atoms with Gasteiger partial charge in [0, 0.05) is 13.1 Å². The van der Waals surface area contributed by atoms with Crippen LogP contribution in [0.3, 0.4) is 0 Å². The normalized spacial score (nSPS) is 14.9. The van der Waals surface area contributed by atoms with Gasteiger partial charge in [-0.25, -0.2) is 13.2 Å². The quantitative estimate of drug-likeness (QED) is 0.750. The molecular weight excluding hydrogens is 383 g/mol. The molecule has 1 saturated heterocycles. The largest absolute Gasteiger partial charge is 0.341 e. The maximum absolute atomic E-state index is 13.8. The highest BCUT2D eigenvalue weighted by Gasteiger charge is 2.31. The summed E-state index contributed by atoms with van der Waals surface area (Å²) in [5.41, 5.74) is 0.281. The Kier molecular flexibility index (Phi) is 6.53. The Morgan fingerprint density at radius 3 is 2.34 bits per heavy atom. The molecule has 1 heterocycles. The Balaban J connectivity index is 1.75. The van der Waals surface area contributed by atoms with Crippen molar-refractivity contribution in [2.75, 3.05) is 32.0 Å². The van der Waals surface area contributed by atoms with Gasteiger partial charge in [-0.2, -0.15) is 0 Å². The molecule has 0 unspecified atom stereocenters. The lowest BCUT2D eigenvalue weighted by Gasteiger charge is -2.30. The van der Waals surface area contributed by atoms with Gasteiger partial charge in [0.25, 0.3) is 0 Å². The number of benzene rings is 2. The van der Waals surface area contributed by atoms with E-state index in [1.165, 1.54) is 0 Å². The number of rotatable bonds is 6. The first kappa shape index (κ1) is 20.9. The number of likely N-dealkylation sites (tertiary alicyclic amines) is 1. The summed E-state index contributed by atoms with van der Waals surface area (Å²) >= 11 is 0. The Labute approximate surface area is 167 Å². The summed E-state index contributed by atoms with van der Waals surface area (Å²) in [6.45, 7) is 1.10. The van der Waals surface area contributed by atoms with Crippen molar-refractivity contribution in [3.63, 3.8) is 0 Å². The molecule has 8 heteroatoms. The number of carbonyl (C=O) groups is 2. The van der Waals surface area contributed by atoms with Crippen LogP contribution in [0.1, 0.15) is 24.4 Å². The van der Waals surface area contributed by atoms with Crippen LogP contribution in [0.4, 0.5) is 18.9 Å². The molecule has 0 radical (unpaired) electrons. The smallest absolute Gasteiger partial charge is 0.244 e. The minimum atomic E-state index is -1.65. The summed E-state index contributed by atoms with van der Waals surface area (Å²) in [6.07, 6.45) is 1.87. The first-order chi connectivity index (χ1) is 13.9. The molecule has 0 saturated carbocycles. The Bertz CT molecular complexity index is 886. The molecule has 2 aromatic carbocycles. The van der Waals surface area contributed by atoms with Crippen molar-refractivity contribution in [1.29, 1.82) is 0 Å². The summed E-state index contributed by atoms with van der Waals surface area (Å²) in [5, 5.41) is 2.24. The van der Waals surface area contributed by atoms with Crippen molar-refractivity contribution >= 4 is 17.5 Å². The minimum absolute atomic E-state index is 0.108. The first-order valence-corrected chi connectivity index (χ1v) is 9.36. The van der Waals surface area contributed by atoms with E-state index in [2.05, 4.69) is 5.32 Å². The summed E-state index contributed by atoms with van der Waals surface area (Å²) in [7, 11) is 1.62. The Morgan fingerprint density at radius 1 is 1.03 bits per heavy atom. The average molecular weight is 405 g/mol. The van der Waals surface area contributed by atoms with Gasteiger partial charge in [0.1, 0.15) is 6.04 Å². The van der Waals surface area contributed by atoms with Gasteiger partial charge in [-0.1, -0.05) is 30.3 Å². The van der Waals surface area contributed by atoms with Crippen molar-refractivity contribution < 1.29 is 22.8 Å². The third-order valence-electron chi connectivity index (χ3n) is 4.91. The second kappa shape index (κ2) is 9.09. The molecule has 5 nitrogen and oxygen atoms in total. The summed E-state index contributed by atoms with van der Waals surface area (Å²) in [4.78, 5) is 28.8. The van der Waals surface area contributed by atoms with E-state index in [0.29, 0.717) is 13.1 Å². The topological polar surface area (TPSA) is 52.7 Å². The summed E-state index contributed by atoms with van der Waals surface area (Å²) in [6, 6.07) is 10.1. The molecule has 1 N–H and O–H groups in total. The number of hydrogen-bond donors (Lipinski definition) is 1. The van der Waals surface area contributed by atoms with E-state index in [1.54, 1.807) is 16.8 Å². The summed E-state index contributed by atoms with van der Waals surface area (Å²) < 4.78 is 40.2. The minimum Gasteiger partial charge on any atom is -0.341 e. The van der Waals surface area contributed by atoms with Crippen LogP contribution in [0, 0.1) is 17.5 Å². The van der Waals surface area contributed by atoms with E-state index in [0.717, 1.165) is 30.5 Å². The van der Waals surface area contributed by atoms with Gasteiger partial charge in [-0.15, -0.1) is 0 Å². The van der Waals surface area contributed by atoms with Gasteiger partial charge in [-0.3, -0.25) is 14.5 Å². The third kappa shape index (κ3) is 4.76. The van der Waals surface area contributed by atoms with Gasteiger partial charge in [-0.05, 0) is 37.6 Å². The molecule has 1 fully saturated rings. The maximum atomic E-state index is 13.8. The van der Waals surface area contributed by atoms with Gasteiger partial charge in [0.15, 0.2) is 17.5 Å². The molecule has 0 bridgehead atoms. The van der Waals surface area contributed by atoms with Crippen LogP contribution in [0.25, 0.3) is 0 Å². The standard InChI is InChI=1S/C21H22F3N3O2/c1-26(13-17(28)25-16-10-9-15(22)18(23)19(16)24)20(14-7-3-2-4-8-14)21(29)27-11-5-6-12-27/h2-4,7-10,20H,5-6,11-13H2,1H3,(H,25,28)/t20-/m0/s1. The fourth-order valence-electron chi connectivity index (χ4n) is 3.46. The van der Waals surface area contributed by atoms with Crippen molar-refractivity contribution in [1.82, 2.24) is 9.80 Å². The van der Waals surface area contributed by atoms with Crippen LogP contribution in [0.5, 0.6) is 0 Å². The number of halogens is 3. The van der Waals surface area contributed by atoms with Crippen LogP contribution < -0.4 is 5.32 Å². The monoisotopic (exact) mass is 405 g/mol. The fraction of sp³-hybridized carbons (Fsp3) is 0.333. The number of carbonyl (C=O) groups excluding carboxylic acids is 2. The number of amides is 2. The van der Waals surface area contributed by atoms with Crippen LogP contribution in [0.2, 0.25) is 0 Å². The lowest BCUT2D eigenvalue weighted by molar-refractivity contribution is -0.136. The number of likely N-dealkylation sites (N-methyl/N-ethyl adjacent to an activating group) is 1. The van der Waals surface area contributed by atoms with Gasteiger partial charge in [0.05, 0.1) is 12.2 Å². The number of hydrogen-bond acceptors (Lipinski definition) is 3. The van der Waals surface area contributed by atoms with E-state index >= 15 is 0 Å². The lowest BCUT2D eigenvalue weighted by Crippen LogP contribution is -2.43. The predicted molar refractivity (Wildman–Crippen MR) is 103 cm³/mol. The maximum Gasteiger partial charge on any atom is 0.244 e. The Morgan fingerprint density at radius 2 is 1.69 bits per heavy atom. The van der Waals surface area contributed by atoms with E-state index in [4.69, 9.17) is 0 Å². The zero-order valence-corrected chi connectivity index (χ0v) is 16.0. The number of anilines is 1. The van der Waals surface area contributed by atoms with Gasteiger partial charge < -0.3 is 10.2 Å². The van der Waals surface area contributed by atoms with E-state index in [9.17, 15) is 22.8 Å². The molecule has 29 heavy (non-hydrogen) atoms. The zero-order chi connectivity index (χ0) is 21.0. The molecule has 1 atom stereocenters. The first-order valence-electron chi connectivity index (χ1n) is 9.36. The van der Waals surface area contributed by atoms with Crippen LogP contribution in [-0.2, 0) is 9.59 Å². The molecule has 0 aliphatic carbocycles. The molecule has 1 aliphatic rings. The third-order valence-corrected chi connectivity index (χ3v) is 4.91. The van der Waals surface area contributed by atoms with Gasteiger partial charge >= 0.3 is 0 Å². The van der Waals surface area contributed by atoms with Crippen molar-refractivity contribution in [2.45, 2.75) is 18.9 Å². The highest BCUT2D eigenvalue weighted by atomic mass is 19.2. The molecule has 2 aromatic rings. The fourth-order valence-corrected chi connectivity index (χ4v) is 3.46. The second-order valence-electron chi connectivity index (χ2n) is 7.03. The molecule has 2 amide bonds. The highest BCUT2D eigenvalue weighted by Crippen LogP contribution is 2.25. The van der Waals surface area contributed by atoms with Crippen LogP contribution >= 0.6 is 0 Å². The molecule has 0 aromatic heterocycles. The van der Waals surface area contributed by atoms with Crippen LogP contribution in [-0.4, -0.2) is 48.3 Å². The Hall–Kier alpha value is -2.87. The summed E-state index contributed by atoms with van der Waals surface area (Å²) in [5.74, 6) is -5.20. The lowest BCUT2D eigenvalue weighted by atomic mass is 10.0. The zero-order valence-electron chi connectivity index (χ0n) is 16.0. The van der Waals surface area contributed by atoms with E-state index < -0.39 is 35.1 Å². The van der Waals surface area contributed by atoms with Crippen molar-refractivity contribution in [3.05, 3.63) is 65.5 Å². The molecule has 3 rings (SSSR count). The molecule has 0 spiro atoms. The molecular formula is C21H22F3N3O2. The van der Waals surface area contributed by atoms with Crippen molar-refractivity contribution in [2.24, 2.45) is 0 Å².